The van der Waals surface area contributed by atoms with Gasteiger partial charge in [-0.1, -0.05) is 30.5 Å². The zero-order valence-corrected chi connectivity index (χ0v) is 13.1. The lowest BCUT2D eigenvalue weighted by Crippen LogP contribution is -2.48. The van der Waals surface area contributed by atoms with Gasteiger partial charge in [0.15, 0.2) is 6.19 Å². The normalized spacial score (nSPS) is 20.8. The lowest BCUT2D eigenvalue weighted by molar-refractivity contribution is -0.133. The zero-order chi connectivity index (χ0) is 16.1. The fraction of sp³-hybridized carbons (Fsp3) is 0.438. The van der Waals surface area contributed by atoms with Crippen molar-refractivity contribution in [2.75, 3.05) is 7.05 Å². The number of rotatable bonds is 3. The molecule has 0 aliphatic heterocycles. The highest BCUT2D eigenvalue weighted by Crippen LogP contribution is 2.26. The summed E-state index contributed by atoms with van der Waals surface area (Å²) in [6, 6.07) is 6.45. The number of hydrogen-bond acceptors (Lipinski definition) is 3. The molecular formula is C16H18ClN3O2. The maximum atomic E-state index is 12.3. The molecule has 116 valence electrons. The van der Waals surface area contributed by atoms with E-state index in [9.17, 15) is 9.59 Å². The van der Waals surface area contributed by atoms with E-state index in [4.69, 9.17) is 16.9 Å². The first kappa shape index (κ1) is 16.3. The Morgan fingerprint density at radius 3 is 2.77 bits per heavy atom. The Bertz CT molecular complexity index is 612. The van der Waals surface area contributed by atoms with Gasteiger partial charge in [-0.25, -0.2) is 0 Å². The third-order valence-electron chi connectivity index (χ3n) is 3.97. The third-order valence-corrected chi connectivity index (χ3v) is 4.20. The SMILES string of the molecule is CN(C#N)C(=O)[C@H]1CCCC[C@H]1NC(=O)c1cccc(Cl)c1. The standard InChI is InChI=1S/C16H18ClN3O2/c1-20(10-18)16(22)13-7-2-3-8-14(13)19-15(21)11-5-4-6-12(17)9-11/h4-6,9,13-14H,2-3,7-8H2,1H3,(H,19,21)/t13-,14+/m0/s1. The van der Waals surface area contributed by atoms with Crippen molar-refractivity contribution in [2.24, 2.45) is 5.92 Å². The number of nitrogens with zero attached hydrogens (tertiary/aromatic N) is 2. The van der Waals surface area contributed by atoms with Gasteiger partial charge in [-0.15, -0.1) is 0 Å². The van der Waals surface area contributed by atoms with Gasteiger partial charge in [-0.3, -0.25) is 14.5 Å². The lowest BCUT2D eigenvalue weighted by atomic mass is 9.83. The molecule has 1 aromatic rings. The first-order chi connectivity index (χ1) is 10.5. The Balaban J connectivity index is 2.10. The monoisotopic (exact) mass is 319 g/mol. The summed E-state index contributed by atoms with van der Waals surface area (Å²) >= 11 is 5.89. The van der Waals surface area contributed by atoms with Crippen LogP contribution in [-0.2, 0) is 4.79 Å². The van der Waals surface area contributed by atoms with Crippen molar-refractivity contribution in [3.8, 4) is 6.19 Å². The van der Waals surface area contributed by atoms with E-state index in [0.717, 1.165) is 24.2 Å². The van der Waals surface area contributed by atoms with Crippen LogP contribution >= 0.6 is 11.6 Å². The van der Waals surface area contributed by atoms with Crippen LogP contribution < -0.4 is 5.32 Å². The number of halogens is 1. The van der Waals surface area contributed by atoms with Gasteiger partial charge < -0.3 is 5.32 Å². The van der Waals surface area contributed by atoms with E-state index < -0.39 is 0 Å². The minimum atomic E-state index is -0.346. The van der Waals surface area contributed by atoms with Gasteiger partial charge in [0.1, 0.15) is 0 Å². The molecular weight excluding hydrogens is 302 g/mol. The molecule has 0 bridgehead atoms. The van der Waals surface area contributed by atoms with Gasteiger partial charge in [-0.05, 0) is 31.0 Å². The summed E-state index contributed by atoms with van der Waals surface area (Å²) in [5.41, 5.74) is 0.470. The van der Waals surface area contributed by atoms with Gasteiger partial charge in [0.05, 0.1) is 5.92 Å². The molecule has 2 atom stereocenters. The van der Waals surface area contributed by atoms with Crippen LogP contribution in [0.15, 0.2) is 24.3 Å². The molecule has 0 saturated heterocycles. The summed E-state index contributed by atoms with van der Waals surface area (Å²) in [6.07, 6.45) is 5.14. The van der Waals surface area contributed by atoms with Gasteiger partial charge in [0.25, 0.3) is 5.91 Å². The van der Waals surface area contributed by atoms with E-state index in [0.29, 0.717) is 17.0 Å². The van der Waals surface area contributed by atoms with Crippen LogP contribution in [0.5, 0.6) is 0 Å². The quantitative estimate of drug-likeness (QED) is 0.687. The van der Waals surface area contributed by atoms with Gasteiger partial charge in [0, 0.05) is 23.7 Å². The van der Waals surface area contributed by atoms with Crippen LogP contribution in [0, 0.1) is 17.4 Å². The largest absolute Gasteiger partial charge is 0.349 e. The minimum Gasteiger partial charge on any atom is -0.349 e. The molecule has 1 N–H and O–H groups in total. The maximum absolute atomic E-state index is 12.3. The average molecular weight is 320 g/mol. The first-order valence-corrected chi connectivity index (χ1v) is 7.64. The second-order valence-corrected chi connectivity index (χ2v) is 5.91. The number of benzene rings is 1. The highest BCUT2D eigenvalue weighted by Gasteiger charge is 2.34. The van der Waals surface area contributed by atoms with Crippen LogP contribution in [0.4, 0.5) is 0 Å². The predicted octanol–water partition coefficient (Wildman–Crippen LogP) is 2.57. The van der Waals surface area contributed by atoms with Crippen LogP contribution in [0.25, 0.3) is 0 Å². The van der Waals surface area contributed by atoms with Crippen molar-refractivity contribution in [3.05, 3.63) is 34.9 Å². The fourth-order valence-corrected chi connectivity index (χ4v) is 2.97. The molecule has 2 amide bonds. The predicted molar refractivity (Wildman–Crippen MR) is 83.0 cm³/mol. The van der Waals surface area contributed by atoms with Crippen molar-refractivity contribution in [2.45, 2.75) is 31.7 Å². The maximum Gasteiger partial charge on any atom is 0.251 e. The smallest absolute Gasteiger partial charge is 0.251 e. The molecule has 1 saturated carbocycles. The molecule has 22 heavy (non-hydrogen) atoms. The zero-order valence-electron chi connectivity index (χ0n) is 12.4. The van der Waals surface area contributed by atoms with E-state index in [1.807, 2.05) is 6.19 Å². The summed E-state index contributed by atoms with van der Waals surface area (Å²) in [4.78, 5) is 25.6. The van der Waals surface area contributed by atoms with E-state index in [1.165, 1.54) is 7.05 Å². The molecule has 1 aliphatic carbocycles. The summed E-state index contributed by atoms with van der Waals surface area (Å²) in [6.45, 7) is 0. The van der Waals surface area contributed by atoms with Crippen LogP contribution in [0.3, 0.4) is 0 Å². The number of carbonyl (C=O) groups is 2. The second kappa shape index (κ2) is 7.28. The molecule has 6 heteroatoms. The van der Waals surface area contributed by atoms with Crippen LogP contribution in [0.2, 0.25) is 5.02 Å². The van der Waals surface area contributed by atoms with Gasteiger partial charge in [0.2, 0.25) is 5.91 Å². The molecule has 0 heterocycles. The molecule has 5 nitrogen and oxygen atoms in total. The van der Waals surface area contributed by atoms with E-state index in [2.05, 4.69) is 5.32 Å². The molecule has 1 aromatic carbocycles. The van der Waals surface area contributed by atoms with Crippen LogP contribution in [0.1, 0.15) is 36.0 Å². The minimum absolute atomic E-state index is 0.237. The molecule has 0 unspecified atom stereocenters. The highest BCUT2D eigenvalue weighted by atomic mass is 35.5. The van der Waals surface area contributed by atoms with E-state index in [-0.39, 0.29) is 23.8 Å². The van der Waals surface area contributed by atoms with E-state index >= 15 is 0 Å². The summed E-state index contributed by atoms with van der Waals surface area (Å²) < 4.78 is 0. The lowest BCUT2D eigenvalue weighted by Gasteiger charge is -2.32. The first-order valence-electron chi connectivity index (χ1n) is 7.26. The topological polar surface area (TPSA) is 73.2 Å². The summed E-state index contributed by atoms with van der Waals surface area (Å²) in [7, 11) is 1.45. The Kier molecular flexibility index (Phi) is 5.40. The number of hydrogen-bond donors (Lipinski definition) is 1. The van der Waals surface area contributed by atoms with Crippen molar-refractivity contribution >= 4 is 23.4 Å². The molecule has 2 rings (SSSR count). The second-order valence-electron chi connectivity index (χ2n) is 5.48. The number of amides is 2. The van der Waals surface area contributed by atoms with Crippen molar-refractivity contribution in [1.29, 1.82) is 5.26 Å². The summed E-state index contributed by atoms with van der Waals surface area (Å²) in [5, 5.41) is 12.3. The number of carbonyl (C=O) groups excluding carboxylic acids is 2. The third kappa shape index (κ3) is 3.77. The Hall–Kier alpha value is -2.06. The molecule has 0 spiro atoms. The van der Waals surface area contributed by atoms with Crippen molar-refractivity contribution in [3.63, 3.8) is 0 Å². The molecule has 0 radical (unpaired) electrons. The number of nitriles is 1. The average Bonchev–Trinajstić information content (AvgIpc) is 2.54. The number of nitrogens with one attached hydrogen (secondary N) is 1. The van der Waals surface area contributed by atoms with Crippen LogP contribution in [-0.4, -0.2) is 29.8 Å². The van der Waals surface area contributed by atoms with Gasteiger partial charge in [-0.2, -0.15) is 5.26 Å². The molecule has 1 fully saturated rings. The van der Waals surface area contributed by atoms with Crippen molar-refractivity contribution in [1.82, 2.24) is 10.2 Å². The fourth-order valence-electron chi connectivity index (χ4n) is 2.78. The Morgan fingerprint density at radius 2 is 2.09 bits per heavy atom. The van der Waals surface area contributed by atoms with E-state index in [1.54, 1.807) is 24.3 Å². The molecule has 1 aliphatic rings. The summed E-state index contributed by atoms with van der Waals surface area (Å²) in [5.74, 6) is -0.827. The Morgan fingerprint density at radius 1 is 1.36 bits per heavy atom. The van der Waals surface area contributed by atoms with Crippen molar-refractivity contribution < 1.29 is 9.59 Å². The molecule has 0 aromatic heterocycles. The van der Waals surface area contributed by atoms with Gasteiger partial charge >= 0.3 is 0 Å². The highest BCUT2D eigenvalue weighted by molar-refractivity contribution is 6.30. The Labute approximate surface area is 134 Å².